The molecule has 1 atom stereocenters. The van der Waals surface area contributed by atoms with E-state index in [0.29, 0.717) is 37.4 Å². The van der Waals surface area contributed by atoms with Gasteiger partial charge in [0.2, 0.25) is 0 Å². The topological polar surface area (TPSA) is 55.3 Å². The lowest BCUT2D eigenvalue weighted by Crippen LogP contribution is -2.44. The van der Waals surface area contributed by atoms with Gasteiger partial charge in [0.1, 0.15) is 17.3 Å². The molecule has 1 aromatic rings. The summed E-state index contributed by atoms with van der Waals surface area (Å²) in [5, 5.41) is 0.193. The van der Waals surface area contributed by atoms with Crippen LogP contribution in [0.1, 0.15) is 17.3 Å². The van der Waals surface area contributed by atoms with Crippen molar-refractivity contribution < 1.29 is 9.53 Å². The molecule has 86 valence electrons. The zero-order chi connectivity index (χ0) is 11.5. The molecule has 0 amide bonds. The Morgan fingerprint density at radius 3 is 3.12 bits per heavy atom. The molecule has 1 aliphatic rings. The number of hydrogen-bond acceptors (Lipinski definition) is 5. The first-order valence-corrected chi connectivity index (χ1v) is 5.42. The van der Waals surface area contributed by atoms with Gasteiger partial charge in [-0.05, 0) is 6.92 Å². The van der Waals surface area contributed by atoms with Gasteiger partial charge in [-0.1, -0.05) is 11.6 Å². The third kappa shape index (κ3) is 2.01. The molecule has 16 heavy (non-hydrogen) atoms. The molecule has 1 unspecified atom stereocenters. The van der Waals surface area contributed by atoms with Crippen molar-refractivity contribution in [1.82, 2.24) is 9.97 Å². The number of hydrogen-bond donors (Lipinski definition) is 0. The van der Waals surface area contributed by atoms with Crippen molar-refractivity contribution >= 4 is 23.7 Å². The van der Waals surface area contributed by atoms with Crippen molar-refractivity contribution in [2.45, 2.75) is 13.0 Å². The summed E-state index contributed by atoms with van der Waals surface area (Å²) in [4.78, 5) is 20.9. The standard InChI is InChI=1S/C10H12ClN3O2/c1-7-5-16-3-2-14(7)10-8(4-15)9(11)12-6-13-10/h4,6-7H,2-3,5H2,1H3. The number of carbonyl (C=O) groups excluding carboxylic acids is 1. The lowest BCUT2D eigenvalue weighted by atomic mass is 10.2. The van der Waals surface area contributed by atoms with E-state index in [0.717, 1.165) is 0 Å². The summed E-state index contributed by atoms with van der Waals surface area (Å²) in [7, 11) is 0. The minimum atomic E-state index is 0.179. The molecule has 1 aliphatic heterocycles. The molecular weight excluding hydrogens is 230 g/mol. The SMILES string of the molecule is CC1COCCN1c1ncnc(Cl)c1C=O. The van der Waals surface area contributed by atoms with Gasteiger partial charge in [-0.3, -0.25) is 4.79 Å². The van der Waals surface area contributed by atoms with Gasteiger partial charge in [0.05, 0.1) is 24.8 Å². The highest BCUT2D eigenvalue weighted by atomic mass is 35.5. The fraction of sp³-hybridized carbons (Fsp3) is 0.500. The zero-order valence-electron chi connectivity index (χ0n) is 8.89. The molecule has 2 rings (SSSR count). The number of nitrogens with zero attached hydrogens (tertiary/aromatic N) is 3. The molecule has 0 bridgehead atoms. The quantitative estimate of drug-likeness (QED) is 0.575. The van der Waals surface area contributed by atoms with Crippen LogP contribution in [-0.4, -0.2) is 42.1 Å². The molecule has 1 aromatic heterocycles. The van der Waals surface area contributed by atoms with Crippen LogP contribution in [0.5, 0.6) is 0 Å². The Morgan fingerprint density at radius 2 is 2.44 bits per heavy atom. The van der Waals surface area contributed by atoms with E-state index >= 15 is 0 Å². The van der Waals surface area contributed by atoms with E-state index in [-0.39, 0.29) is 11.2 Å². The molecule has 6 heteroatoms. The second kappa shape index (κ2) is 4.76. The number of ether oxygens (including phenoxy) is 1. The second-order valence-corrected chi connectivity index (χ2v) is 3.99. The minimum absolute atomic E-state index is 0.179. The highest BCUT2D eigenvalue weighted by Crippen LogP contribution is 2.24. The lowest BCUT2D eigenvalue weighted by Gasteiger charge is -2.34. The Morgan fingerprint density at radius 1 is 1.62 bits per heavy atom. The van der Waals surface area contributed by atoms with Gasteiger partial charge < -0.3 is 9.64 Å². The van der Waals surface area contributed by atoms with Crippen molar-refractivity contribution in [2.75, 3.05) is 24.7 Å². The smallest absolute Gasteiger partial charge is 0.156 e. The molecular formula is C10H12ClN3O2. The van der Waals surface area contributed by atoms with Gasteiger partial charge in [0.25, 0.3) is 0 Å². The highest BCUT2D eigenvalue weighted by Gasteiger charge is 2.23. The summed E-state index contributed by atoms with van der Waals surface area (Å²) in [5.74, 6) is 0.589. The Labute approximate surface area is 98.4 Å². The van der Waals surface area contributed by atoms with E-state index in [4.69, 9.17) is 16.3 Å². The largest absolute Gasteiger partial charge is 0.377 e. The van der Waals surface area contributed by atoms with E-state index < -0.39 is 0 Å². The van der Waals surface area contributed by atoms with Crippen molar-refractivity contribution in [1.29, 1.82) is 0 Å². The summed E-state index contributed by atoms with van der Waals surface area (Å²) in [6.07, 6.45) is 2.06. The number of halogens is 1. The van der Waals surface area contributed by atoms with Crippen LogP contribution in [0.4, 0.5) is 5.82 Å². The molecule has 2 heterocycles. The maximum atomic E-state index is 11.0. The maximum Gasteiger partial charge on any atom is 0.156 e. The number of carbonyl (C=O) groups is 1. The Hall–Kier alpha value is -1.20. The molecule has 0 aromatic carbocycles. The summed E-state index contributed by atoms with van der Waals surface area (Å²) < 4.78 is 5.33. The van der Waals surface area contributed by atoms with Crippen molar-refractivity contribution in [3.05, 3.63) is 17.0 Å². The van der Waals surface area contributed by atoms with Crippen molar-refractivity contribution in [2.24, 2.45) is 0 Å². The number of aromatic nitrogens is 2. The average Bonchev–Trinajstić information content (AvgIpc) is 2.29. The van der Waals surface area contributed by atoms with E-state index in [1.807, 2.05) is 11.8 Å². The minimum Gasteiger partial charge on any atom is -0.377 e. The average molecular weight is 242 g/mol. The van der Waals surface area contributed by atoms with Gasteiger partial charge in [-0.2, -0.15) is 0 Å². The Balaban J connectivity index is 2.38. The summed E-state index contributed by atoms with van der Waals surface area (Å²) in [5.41, 5.74) is 0.345. The third-order valence-electron chi connectivity index (χ3n) is 2.57. The fourth-order valence-electron chi connectivity index (χ4n) is 1.74. The van der Waals surface area contributed by atoms with E-state index in [1.54, 1.807) is 0 Å². The van der Waals surface area contributed by atoms with Gasteiger partial charge >= 0.3 is 0 Å². The first-order valence-electron chi connectivity index (χ1n) is 5.04. The van der Waals surface area contributed by atoms with Crippen LogP contribution in [0.2, 0.25) is 5.15 Å². The first kappa shape index (κ1) is 11.3. The van der Waals surface area contributed by atoms with Crippen LogP contribution >= 0.6 is 11.6 Å². The monoisotopic (exact) mass is 241 g/mol. The molecule has 1 fully saturated rings. The molecule has 0 spiro atoms. The van der Waals surface area contributed by atoms with Gasteiger partial charge in [-0.25, -0.2) is 9.97 Å². The maximum absolute atomic E-state index is 11.0. The van der Waals surface area contributed by atoms with Crippen LogP contribution in [0.25, 0.3) is 0 Å². The van der Waals surface area contributed by atoms with Crippen LogP contribution in [0.3, 0.4) is 0 Å². The van der Waals surface area contributed by atoms with Gasteiger partial charge in [0.15, 0.2) is 6.29 Å². The van der Waals surface area contributed by atoms with E-state index in [1.165, 1.54) is 6.33 Å². The predicted octanol–water partition coefficient (Wildman–Crippen LogP) is 1.17. The fourth-order valence-corrected chi connectivity index (χ4v) is 1.91. The summed E-state index contributed by atoms with van der Waals surface area (Å²) in [6, 6.07) is 0.179. The molecule has 0 N–H and O–H groups in total. The summed E-state index contributed by atoms with van der Waals surface area (Å²) in [6.45, 7) is 3.98. The van der Waals surface area contributed by atoms with Crippen LogP contribution in [-0.2, 0) is 4.74 Å². The third-order valence-corrected chi connectivity index (χ3v) is 2.87. The normalized spacial score (nSPS) is 20.9. The number of morpholine rings is 1. The molecule has 5 nitrogen and oxygen atoms in total. The number of anilines is 1. The molecule has 0 radical (unpaired) electrons. The van der Waals surface area contributed by atoms with Crippen molar-refractivity contribution in [3.8, 4) is 0 Å². The molecule has 1 saturated heterocycles. The number of rotatable bonds is 2. The lowest BCUT2D eigenvalue weighted by molar-refractivity contribution is 0.0981. The number of aldehydes is 1. The Kier molecular flexibility index (Phi) is 3.36. The summed E-state index contributed by atoms with van der Waals surface area (Å²) >= 11 is 5.86. The van der Waals surface area contributed by atoms with Gasteiger partial charge in [-0.15, -0.1) is 0 Å². The molecule has 0 saturated carbocycles. The van der Waals surface area contributed by atoms with Crippen LogP contribution < -0.4 is 4.90 Å². The van der Waals surface area contributed by atoms with E-state index in [9.17, 15) is 4.79 Å². The van der Waals surface area contributed by atoms with Crippen LogP contribution in [0.15, 0.2) is 6.33 Å². The Bertz CT molecular complexity index is 400. The van der Waals surface area contributed by atoms with Crippen molar-refractivity contribution in [3.63, 3.8) is 0 Å². The zero-order valence-corrected chi connectivity index (χ0v) is 9.65. The first-order chi connectivity index (χ1) is 7.74. The second-order valence-electron chi connectivity index (χ2n) is 3.64. The van der Waals surface area contributed by atoms with E-state index in [2.05, 4.69) is 9.97 Å². The van der Waals surface area contributed by atoms with Crippen LogP contribution in [0, 0.1) is 0 Å². The predicted molar refractivity (Wildman–Crippen MR) is 60.1 cm³/mol. The molecule has 0 aliphatic carbocycles. The van der Waals surface area contributed by atoms with Gasteiger partial charge in [0, 0.05) is 6.54 Å². The highest BCUT2D eigenvalue weighted by molar-refractivity contribution is 6.32.